The van der Waals surface area contributed by atoms with Gasteiger partial charge in [0, 0.05) is 18.5 Å². The van der Waals surface area contributed by atoms with E-state index in [1.165, 1.54) is 0 Å². The third-order valence-electron chi connectivity index (χ3n) is 2.69. The molecule has 0 saturated carbocycles. The lowest BCUT2D eigenvalue weighted by Crippen LogP contribution is -2.38. The Hall–Kier alpha value is 0.200. The van der Waals surface area contributed by atoms with Gasteiger partial charge in [0.2, 0.25) is 0 Å². The first kappa shape index (κ1) is 16.2. The van der Waals surface area contributed by atoms with Crippen LogP contribution in [-0.2, 0) is 9.84 Å². The molecule has 0 aliphatic carbocycles. The summed E-state index contributed by atoms with van der Waals surface area (Å²) in [5.41, 5.74) is 0. The first-order chi connectivity index (χ1) is 7.24. The minimum atomic E-state index is -3.01. The summed E-state index contributed by atoms with van der Waals surface area (Å²) in [4.78, 5) is 0. The number of rotatable bonds is 7. The summed E-state index contributed by atoms with van der Waals surface area (Å²) in [6.45, 7) is 7.78. The lowest BCUT2D eigenvalue weighted by molar-refractivity contribution is 0.495. The maximum absolute atomic E-state index is 11.8. The molecule has 0 aromatic carbocycles. The van der Waals surface area contributed by atoms with Crippen molar-refractivity contribution in [2.75, 3.05) is 18.2 Å². The highest BCUT2D eigenvalue weighted by molar-refractivity contribution is 7.92. The molecule has 3 nitrogen and oxygen atoms in total. The van der Waals surface area contributed by atoms with Gasteiger partial charge < -0.3 is 5.32 Å². The molecule has 1 N–H and O–H groups in total. The van der Waals surface area contributed by atoms with Gasteiger partial charge in [0.25, 0.3) is 0 Å². The van der Waals surface area contributed by atoms with Crippen molar-refractivity contribution in [2.24, 2.45) is 0 Å². The molecule has 1 unspecified atom stereocenters. The maximum Gasteiger partial charge on any atom is 0.156 e. The summed E-state index contributed by atoms with van der Waals surface area (Å²) >= 11 is 5.66. The van der Waals surface area contributed by atoms with Gasteiger partial charge in [0.1, 0.15) is 0 Å². The highest BCUT2D eigenvalue weighted by atomic mass is 35.5. The Labute approximate surface area is 105 Å². The molecule has 98 valence electrons. The summed E-state index contributed by atoms with van der Waals surface area (Å²) < 4.78 is 23.0. The van der Waals surface area contributed by atoms with Crippen molar-refractivity contribution in [3.8, 4) is 0 Å². The Kier molecular flexibility index (Phi) is 6.90. The second-order valence-electron chi connectivity index (χ2n) is 4.97. The molecule has 0 heterocycles. The fraction of sp³-hybridized carbons (Fsp3) is 1.00. The second-order valence-corrected chi connectivity index (χ2v) is 8.21. The lowest BCUT2D eigenvalue weighted by Gasteiger charge is -2.21. The second kappa shape index (κ2) is 6.82. The standard InChI is InChI=1S/C11H24ClNO2S/c1-5-10(6-7-12)13-8-9-16(14,15)11(2,3)4/h10,13H,5-9H2,1-4H3. The highest BCUT2D eigenvalue weighted by Crippen LogP contribution is 2.15. The summed E-state index contributed by atoms with van der Waals surface area (Å²) in [7, 11) is -3.01. The minimum absolute atomic E-state index is 0.190. The van der Waals surface area contributed by atoms with Crippen LogP contribution in [0.5, 0.6) is 0 Å². The van der Waals surface area contributed by atoms with Crippen molar-refractivity contribution in [3.63, 3.8) is 0 Å². The predicted octanol–water partition coefficient (Wildman–Crippen LogP) is 2.20. The fourth-order valence-electron chi connectivity index (χ4n) is 1.29. The van der Waals surface area contributed by atoms with Crippen LogP contribution in [0, 0.1) is 0 Å². The molecule has 1 atom stereocenters. The third kappa shape index (κ3) is 5.51. The van der Waals surface area contributed by atoms with Gasteiger partial charge in [-0.2, -0.15) is 0 Å². The van der Waals surface area contributed by atoms with E-state index in [2.05, 4.69) is 12.2 Å². The van der Waals surface area contributed by atoms with Crippen LogP contribution in [-0.4, -0.2) is 37.4 Å². The Balaban J connectivity index is 4.07. The topological polar surface area (TPSA) is 46.2 Å². The van der Waals surface area contributed by atoms with E-state index >= 15 is 0 Å². The van der Waals surface area contributed by atoms with Crippen LogP contribution < -0.4 is 5.32 Å². The van der Waals surface area contributed by atoms with Gasteiger partial charge in [-0.3, -0.25) is 0 Å². The minimum Gasteiger partial charge on any atom is -0.313 e. The van der Waals surface area contributed by atoms with Crippen LogP contribution in [0.1, 0.15) is 40.5 Å². The molecule has 16 heavy (non-hydrogen) atoms. The van der Waals surface area contributed by atoms with E-state index < -0.39 is 14.6 Å². The smallest absolute Gasteiger partial charge is 0.156 e. The van der Waals surface area contributed by atoms with Crippen molar-refractivity contribution in [2.45, 2.75) is 51.3 Å². The van der Waals surface area contributed by atoms with E-state index in [4.69, 9.17) is 11.6 Å². The Morgan fingerprint density at radius 1 is 1.31 bits per heavy atom. The van der Waals surface area contributed by atoms with Gasteiger partial charge in [-0.1, -0.05) is 6.92 Å². The number of alkyl halides is 1. The Morgan fingerprint density at radius 2 is 1.88 bits per heavy atom. The van der Waals surface area contributed by atoms with Crippen LogP contribution in [0.25, 0.3) is 0 Å². The molecule has 0 amide bonds. The molecular weight excluding hydrogens is 246 g/mol. The summed E-state index contributed by atoms with van der Waals surface area (Å²) in [5, 5.41) is 3.23. The van der Waals surface area contributed by atoms with Crippen molar-refractivity contribution in [1.29, 1.82) is 0 Å². The predicted molar refractivity (Wildman–Crippen MR) is 71.0 cm³/mol. The zero-order valence-electron chi connectivity index (χ0n) is 10.7. The Bertz CT molecular complexity index is 283. The molecule has 0 bridgehead atoms. The van der Waals surface area contributed by atoms with Gasteiger partial charge in [0.05, 0.1) is 10.5 Å². The van der Waals surface area contributed by atoms with E-state index in [1.807, 2.05) is 0 Å². The number of hydrogen-bond donors (Lipinski definition) is 1. The molecule has 0 radical (unpaired) electrons. The van der Waals surface area contributed by atoms with Crippen molar-refractivity contribution in [3.05, 3.63) is 0 Å². The van der Waals surface area contributed by atoms with Gasteiger partial charge in [-0.25, -0.2) is 8.42 Å². The van der Waals surface area contributed by atoms with Crippen LogP contribution in [0.2, 0.25) is 0 Å². The summed E-state index contributed by atoms with van der Waals surface area (Å²) in [6.07, 6.45) is 1.86. The quantitative estimate of drug-likeness (QED) is 0.721. The lowest BCUT2D eigenvalue weighted by atomic mass is 10.2. The Morgan fingerprint density at radius 3 is 2.25 bits per heavy atom. The molecule has 0 aromatic rings. The maximum atomic E-state index is 11.8. The van der Waals surface area contributed by atoms with Gasteiger partial charge in [0.15, 0.2) is 9.84 Å². The zero-order chi connectivity index (χ0) is 12.8. The first-order valence-electron chi connectivity index (χ1n) is 5.76. The fourth-order valence-corrected chi connectivity index (χ4v) is 2.55. The zero-order valence-corrected chi connectivity index (χ0v) is 12.3. The summed E-state index contributed by atoms with van der Waals surface area (Å²) in [5.74, 6) is 0.798. The first-order valence-corrected chi connectivity index (χ1v) is 7.95. The van der Waals surface area contributed by atoms with Crippen molar-refractivity contribution in [1.82, 2.24) is 5.32 Å². The molecule has 0 saturated heterocycles. The largest absolute Gasteiger partial charge is 0.313 e. The molecule has 0 spiro atoms. The van der Waals surface area contributed by atoms with Crippen LogP contribution in [0.4, 0.5) is 0 Å². The van der Waals surface area contributed by atoms with E-state index in [9.17, 15) is 8.42 Å². The van der Waals surface area contributed by atoms with E-state index in [-0.39, 0.29) is 5.75 Å². The number of sulfone groups is 1. The van der Waals surface area contributed by atoms with Gasteiger partial charge in [-0.05, 0) is 33.6 Å². The average molecular weight is 270 g/mol. The molecule has 0 aliphatic heterocycles. The molecular formula is C11H24ClNO2S. The van der Waals surface area contributed by atoms with E-state index in [1.54, 1.807) is 20.8 Å². The summed E-state index contributed by atoms with van der Waals surface area (Å²) in [6, 6.07) is 0.327. The van der Waals surface area contributed by atoms with Gasteiger partial charge >= 0.3 is 0 Å². The molecule has 0 aliphatic rings. The van der Waals surface area contributed by atoms with Crippen LogP contribution in [0.15, 0.2) is 0 Å². The molecule has 0 aromatic heterocycles. The van der Waals surface area contributed by atoms with Gasteiger partial charge in [-0.15, -0.1) is 11.6 Å². The number of hydrogen-bond acceptors (Lipinski definition) is 3. The van der Waals surface area contributed by atoms with Crippen molar-refractivity contribution >= 4 is 21.4 Å². The molecule has 5 heteroatoms. The normalized spacial score (nSPS) is 15.1. The number of nitrogens with one attached hydrogen (secondary N) is 1. The van der Waals surface area contributed by atoms with Crippen LogP contribution in [0.3, 0.4) is 0 Å². The molecule has 0 rings (SSSR count). The number of halogens is 1. The van der Waals surface area contributed by atoms with E-state index in [0.29, 0.717) is 18.5 Å². The third-order valence-corrected chi connectivity index (χ3v) is 5.51. The molecule has 0 fully saturated rings. The average Bonchev–Trinajstić information content (AvgIpc) is 2.14. The monoisotopic (exact) mass is 269 g/mol. The van der Waals surface area contributed by atoms with Crippen LogP contribution >= 0.6 is 11.6 Å². The van der Waals surface area contributed by atoms with E-state index in [0.717, 1.165) is 12.8 Å². The van der Waals surface area contributed by atoms with Crippen molar-refractivity contribution < 1.29 is 8.42 Å². The SMILES string of the molecule is CCC(CCCl)NCCS(=O)(=O)C(C)(C)C. The highest BCUT2D eigenvalue weighted by Gasteiger charge is 2.28.